The van der Waals surface area contributed by atoms with E-state index in [0.717, 1.165) is 30.1 Å². The molecule has 0 atom stereocenters. The first-order chi connectivity index (χ1) is 17.0. The van der Waals surface area contributed by atoms with Crippen molar-refractivity contribution in [2.45, 2.75) is 45.8 Å². The van der Waals surface area contributed by atoms with Gasteiger partial charge in [-0.3, -0.25) is 0 Å². The van der Waals surface area contributed by atoms with Gasteiger partial charge in [0, 0.05) is 37.2 Å². The number of aromatic nitrogens is 2. The molecule has 0 radical (unpaired) electrons. The molecule has 2 heterocycles. The number of benzene rings is 2. The van der Waals surface area contributed by atoms with E-state index >= 15 is 0 Å². The Morgan fingerprint density at radius 3 is 2.11 bits per heavy atom. The molecule has 2 aromatic carbocycles. The van der Waals surface area contributed by atoms with Gasteiger partial charge in [0.15, 0.2) is 8.32 Å². The topological polar surface area (TPSA) is 29.8 Å². The molecule has 0 aliphatic heterocycles. The number of aryl methyl sites for hydroxylation is 1. The molecular formula is C31H39N3OSi. The SMILES string of the molecule is Cc1ccc2nc(-c3ccc(C=Cc4ccc(N(C)CCO[Si](C)(C)C(C)(C)C)cc4)cc3)cn2c1. The van der Waals surface area contributed by atoms with E-state index in [-0.39, 0.29) is 5.04 Å². The molecule has 5 heteroatoms. The van der Waals surface area contributed by atoms with Crippen molar-refractivity contribution in [3.8, 4) is 11.3 Å². The standard InChI is InChI=1S/C31H39N3OSi/c1-24-8-19-30-32-29(23-34(30)22-24)27-15-11-25(12-16-27)9-10-26-13-17-28(18-14-26)33(5)20-21-35-36(6,7)31(2,3)4/h8-19,22-23H,20-21H2,1-7H3. The molecule has 0 fully saturated rings. The number of anilines is 1. The fourth-order valence-corrected chi connectivity index (χ4v) is 4.86. The number of imidazole rings is 1. The average Bonchev–Trinajstić information content (AvgIpc) is 3.26. The van der Waals surface area contributed by atoms with Crippen molar-refractivity contribution in [2.75, 3.05) is 25.1 Å². The van der Waals surface area contributed by atoms with Crippen LogP contribution in [-0.4, -0.2) is 37.9 Å². The summed E-state index contributed by atoms with van der Waals surface area (Å²) in [7, 11) is 0.432. The number of hydrogen-bond donors (Lipinski definition) is 0. The monoisotopic (exact) mass is 497 g/mol. The lowest BCUT2D eigenvalue weighted by atomic mass is 10.1. The number of pyridine rings is 1. The van der Waals surface area contributed by atoms with Crippen molar-refractivity contribution in [3.63, 3.8) is 0 Å². The summed E-state index contributed by atoms with van der Waals surface area (Å²) >= 11 is 0. The fraction of sp³-hybridized carbons (Fsp3) is 0.323. The predicted octanol–water partition coefficient (Wildman–Crippen LogP) is 7.94. The number of rotatable bonds is 8. The Morgan fingerprint density at radius 2 is 1.50 bits per heavy atom. The lowest BCUT2D eigenvalue weighted by molar-refractivity contribution is 0.296. The molecule has 4 nitrogen and oxygen atoms in total. The van der Waals surface area contributed by atoms with Gasteiger partial charge in [-0.2, -0.15) is 0 Å². The van der Waals surface area contributed by atoms with Crippen molar-refractivity contribution in [2.24, 2.45) is 0 Å². The molecule has 4 aromatic rings. The molecule has 0 spiro atoms. The van der Waals surface area contributed by atoms with Crippen LogP contribution in [0.25, 0.3) is 29.1 Å². The van der Waals surface area contributed by atoms with Crippen LogP contribution in [0.4, 0.5) is 5.69 Å². The lowest BCUT2D eigenvalue weighted by Crippen LogP contribution is -2.42. The molecule has 0 bridgehead atoms. The average molecular weight is 498 g/mol. The Kier molecular flexibility index (Phi) is 7.53. The summed E-state index contributed by atoms with van der Waals surface area (Å²) in [6, 6.07) is 21.4. The van der Waals surface area contributed by atoms with E-state index in [1.807, 2.05) is 0 Å². The fourth-order valence-electron chi connectivity index (χ4n) is 3.82. The molecule has 0 N–H and O–H groups in total. The molecule has 2 aromatic heterocycles. The maximum atomic E-state index is 6.33. The first kappa shape index (κ1) is 25.9. The molecule has 36 heavy (non-hydrogen) atoms. The van der Waals surface area contributed by atoms with Gasteiger partial charge in [-0.25, -0.2) is 4.98 Å². The minimum atomic E-state index is -1.70. The Balaban J connectivity index is 1.34. The minimum absolute atomic E-state index is 0.243. The third-order valence-electron chi connectivity index (χ3n) is 7.30. The van der Waals surface area contributed by atoms with Crippen molar-refractivity contribution in [1.82, 2.24) is 9.38 Å². The summed E-state index contributed by atoms with van der Waals surface area (Å²) < 4.78 is 8.42. The molecule has 0 aliphatic carbocycles. The van der Waals surface area contributed by atoms with Gasteiger partial charge in [0.1, 0.15) is 5.65 Å². The van der Waals surface area contributed by atoms with Gasteiger partial charge in [0.2, 0.25) is 0 Å². The van der Waals surface area contributed by atoms with Crippen molar-refractivity contribution in [3.05, 3.63) is 89.7 Å². The second-order valence-electron chi connectivity index (χ2n) is 11.2. The summed E-state index contributed by atoms with van der Waals surface area (Å²) in [5.41, 5.74) is 7.87. The highest BCUT2D eigenvalue weighted by Gasteiger charge is 2.36. The molecular weight excluding hydrogens is 458 g/mol. The van der Waals surface area contributed by atoms with Crippen LogP contribution < -0.4 is 4.90 Å². The van der Waals surface area contributed by atoms with E-state index in [4.69, 9.17) is 9.41 Å². The van der Waals surface area contributed by atoms with Gasteiger partial charge in [0.25, 0.3) is 0 Å². The number of nitrogens with zero attached hydrogens (tertiary/aromatic N) is 3. The van der Waals surface area contributed by atoms with E-state index in [1.165, 1.54) is 22.4 Å². The molecule has 0 unspecified atom stereocenters. The normalized spacial score (nSPS) is 12.5. The molecule has 188 valence electrons. The number of likely N-dealkylation sites (N-methyl/N-ethyl adjacent to an activating group) is 1. The Bertz CT molecular complexity index is 1330. The Labute approximate surface area is 217 Å². The van der Waals surface area contributed by atoms with Crippen molar-refractivity contribution in [1.29, 1.82) is 0 Å². The van der Waals surface area contributed by atoms with Gasteiger partial charge in [-0.05, 0) is 59.9 Å². The summed E-state index contributed by atoms with van der Waals surface area (Å²) in [5, 5.41) is 0.243. The summed E-state index contributed by atoms with van der Waals surface area (Å²) in [4.78, 5) is 7.01. The second-order valence-corrected chi connectivity index (χ2v) is 16.0. The smallest absolute Gasteiger partial charge is 0.192 e. The zero-order valence-electron chi connectivity index (χ0n) is 22.7. The number of fused-ring (bicyclic) bond motifs is 1. The van der Waals surface area contributed by atoms with Gasteiger partial charge in [0.05, 0.1) is 12.3 Å². The zero-order chi connectivity index (χ0) is 25.9. The Morgan fingerprint density at radius 1 is 0.889 bits per heavy atom. The van der Waals surface area contributed by atoms with Gasteiger partial charge in [-0.15, -0.1) is 0 Å². The molecule has 0 amide bonds. The van der Waals surface area contributed by atoms with Crippen LogP contribution in [-0.2, 0) is 4.43 Å². The van der Waals surface area contributed by atoms with Crippen LogP contribution in [0.3, 0.4) is 0 Å². The second kappa shape index (κ2) is 10.5. The van der Waals surface area contributed by atoms with Crippen LogP contribution in [0.2, 0.25) is 18.1 Å². The molecule has 0 aliphatic rings. The van der Waals surface area contributed by atoms with Gasteiger partial charge in [-0.1, -0.05) is 75.4 Å². The summed E-state index contributed by atoms with van der Waals surface area (Å²) in [6.45, 7) is 15.2. The Hall–Kier alpha value is -3.15. The van der Waals surface area contributed by atoms with Gasteiger partial charge >= 0.3 is 0 Å². The zero-order valence-corrected chi connectivity index (χ0v) is 23.7. The van der Waals surface area contributed by atoms with Crippen molar-refractivity contribution < 1.29 is 4.43 Å². The highest BCUT2D eigenvalue weighted by molar-refractivity contribution is 6.74. The maximum Gasteiger partial charge on any atom is 0.192 e. The van der Waals surface area contributed by atoms with Crippen LogP contribution in [0.1, 0.15) is 37.5 Å². The minimum Gasteiger partial charge on any atom is -0.415 e. The van der Waals surface area contributed by atoms with E-state index in [1.54, 1.807) is 0 Å². The van der Waals surface area contributed by atoms with E-state index < -0.39 is 8.32 Å². The van der Waals surface area contributed by atoms with Crippen LogP contribution in [0, 0.1) is 6.92 Å². The van der Waals surface area contributed by atoms with Gasteiger partial charge < -0.3 is 13.7 Å². The quantitative estimate of drug-likeness (QED) is 0.183. The first-order valence-electron chi connectivity index (χ1n) is 12.7. The summed E-state index contributed by atoms with van der Waals surface area (Å²) in [6.07, 6.45) is 8.51. The maximum absolute atomic E-state index is 6.33. The highest BCUT2D eigenvalue weighted by atomic mass is 28.4. The van der Waals surface area contributed by atoms with E-state index in [0.29, 0.717) is 0 Å². The van der Waals surface area contributed by atoms with E-state index in [2.05, 4.69) is 142 Å². The first-order valence-corrected chi connectivity index (χ1v) is 15.6. The highest BCUT2D eigenvalue weighted by Crippen LogP contribution is 2.36. The van der Waals surface area contributed by atoms with E-state index in [9.17, 15) is 0 Å². The third kappa shape index (κ3) is 6.15. The predicted molar refractivity (Wildman–Crippen MR) is 157 cm³/mol. The summed E-state index contributed by atoms with van der Waals surface area (Å²) in [5.74, 6) is 0. The van der Waals surface area contributed by atoms with Crippen LogP contribution in [0.5, 0.6) is 0 Å². The van der Waals surface area contributed by atoms with Crippen LogP contribution >= 0.6 is 0 Å². The molecule has 0 saturated heterocycles. The number of hydrogen-bond acceptors (Lipinski definition) is 3. The molecule has 0 saturated carbocycles. The largest absolute Gasteiger partial charge is 0.415 e. The van der Waals surface area contributed by atoms with Crippen molar-refractivity contribution >= 4 is 31.8 Å². The third-order valence-corrected chi connectivity index (χ3v) is 11.8. The lowest BCUT2D eigenvalue weighted by Gasteiger charge is -2.36. The molecule has 4 rings (SSSR count). The van der Waals surface area contributed by atoms with Crippen LogP contribution in [0.15, 0.2) is 73.1 Å².